The summed E-state index contributed by atoms with van der Waals surface area (Å²) < 4.78 is 0.996. The van der Waals surface area contributed by atoms with Gasteiger partial charge in [0.15, 0.2) is 0 Å². The fraction of sp³-hybridized carbons (Fsp3) is 0.400. The number of carbonyl (C=O) groups is 1. The molecule has 1 N–H and O–H groups in total. The third kappa shape index (κ3) is 2.96. The summed E-state index contributed by atoms with van der Waals surface area (Å²) in [6.07, 6.45) is 0. The van der Waals surface area contributed by atoms with E-state index in [1.807, 2.05) is 13.8 Å². The normalized spacial score (nSPS) is 13.6. The van der Waals surface area contributed by atoms with Gasteiger partial charge in [-0.3, -0.25) is 9.59 Å². The fourth-order valence-corrected chi connectivity index (χ4v) is 1.89. The number of fused-ring (bicyclic) bond motifs is 1. The zero-order valence-corrected chi connectivity index (χ0v) is 12.7. The molecule has 0 aliphatic heterocycles. The van der Waals surface area contributed by atoms with Crippen LogP contribution in [0, 0.1) is 17.2 Å². The topological polar surface area (TPSA) is 101 Å². The highest BCUT2D eigenvalue weighted by atomic mass is 16.2. The van der Waals surface area contributed by atoms with E-state index in [0.29, 0.717) is 10.9 Å². The molecule has 2 rings (SSSR count). The number of amides is 1. The highest BCUT2D eigenvalue weighted by molar-refractivity contribution is 5.79. The molecule has 7 nitrogen and oxygen atoms in total. The second-order valence-corrected chi connectivity index (χ2v) is 5.59. The van der Waals surface area contributed by atoms with Crippen molar-refractivity contribution in [3.63, 3.8) is 0 Å². The molecule has 1 heterocycles. The molecule has 0 radical (unpaired) electrons. The Kier molecular flexibility index (Phi) is 4.22. The van der Waals surface area contributed by atoms with E-state index in [1.54, 1.807) is 31.2 Å². The van der Waals surface area contributed by atoms with Crippen molar-refractivity contribution in [1.82, 2.24) is 20.3 Å². The van der Waals surface area contributed by atoms with Crippen LogP contribution in [0.25, 0.3) is 10.9 Å². The number of nitrogens with zero attached hydrogens (tertiary/aromatic N) is 4. The molecule has 0 unspecified atom stereocenters. The smallest absolute Gasteiger partial charge is 0.278 e. The summed E-state index contributed by atoms with van der Waals surface area (Å²) in [6, 6.07) is 8.88. The molecule has 1 amide bonds. The third-order valence-corrected chi connectivity index (χ3v) is 3.71. The Hall–Kier alpha value is -2.75. The Morgan fingerprint density at radius 2 is 2.14 bits per heavy atom. The first-order valence-corrected chi connectivity index (χ1v) is 6.92. The van der Waals surface area contributed by atoms with Crippen LogP contribution in [0.5, 0.6) is 0 Å². The van der Waals surface area contributed by atoms with Gasteiger partial charge in [0.2, 0.25) is 5.91 Å². The summed E-state index contributed by atoms with van der Waals surface area (Å²) in [4.78, 5) is 24.3. The summed E-state index contributed by atoms with van der Waals surface area (Å²) in [7, 11) is 0. The van der Waals surface area contributed by atoms with Crippen LogP contribution in [0.3, 0.4) is 0 Å². The predicted molar refractivity (Wildman–Crippen MR) is 80.8 cm³/mol. The van der Waals surface area contributed by atoms with Gasteiger partial charge in [-0.2, -0.15) is 5.26 Å². The summed E-state index contributed by atoms with van der Waals surface area (Å²) in [5.41, 5.74) is -0.900. The van der Waals surface area contributed by atoms with Crippen LogP contribution in [0.15, 0.2) is 29.1 Å². The minimum Gasteiger partial charge on any atom is -0.336 e. The van der Waals surface area contributed by atoms with Crippen LogP contribution >= 0.6 is 0 Å². The lowest BCUT2D eigenvalue weighted by Crippen LogP contribution is -2.50. The monoisotopic (exact) mass is 299 g/mol. The SMILES string of the molecule is CC(C)[C@@](C)(C#N)NC(=O)Cn1nnc2ccccc2c1=O. The van der Waals surface area contributed by atoms with Gasteiger partial charge in [0.25, 0.3) is 5.56 Å². The van der Waals surface area contributed by atoms with E-state index in [0.717, 1.165) is 4.68 Å². The quantitative estimate of drug-likeness (QED) is 0.901. The summed E-state index contributed by atoms with van der Waals surface area (Å²) in [5, 5.41) is 19.9. The third-order valence-electron chi connectivity index (χ3n) is 3.71. The molecule has 7 heteroatoms. The van der Waals surface area contributed by atoms with Crippen LogP contribution in [-0.2, 0) is 11.3 Å². The van der Waals surface area contributed by atoms with E-state index in [9.17, 15) is 14.9 Å². The van der Waals surface area contributed by atoms with Crippen molar-refractivity contribution in [2.24, 2.45) is 5.92 Å². The number of rotatable bonds is 4. The molecule has 0 fully saturated rings. The van der Waals surface area contributed by atoms with Gasteiger partial charge in [0, 0.05) is 0 Å². The second-order valence-electron chi connectivity index (χ2n) is 5.59. The molecular weight excluding hydrogens is 282 g/mol. The maximum absolute atomic E-state index is 12.2. The molecule has 0 saturated heterocycles. The molecule has 2 aromatic rings. The first-order valence-electron chi connectivity index (χ1n) is 6.92. The molecule has 1 atom stereocenters. The maximum atomic E-state index is 12.2. The number of carbonyl (C=O) groups excluding carboxylic acids is 1. The lowest BCUT2D eigenvalue weighted by atomic mass is 9.90. The number of nitriles is 1. The Morgan fingerprint density at radius 3 is 2.77 bits per heavy atom. The molecule has 1 aromatic heterocycles. The number of hydrogen-bond acceptors (Lipinski definition) is 5. The zero-order chi connectivity index (χ0) is 16.3. The molecular formula is C15H17N5O2. The fourth-order valence-electron chi connectivity index (χ4n) is 1.89. The number of benzene rings is 1. The Bertz CT molecular complexity index is 805. The molecule has 22 heavy (non-hydrogen) atoms. The van der Waals surface area contributed by atoms with Gasteiger partial charge in [-0.15, -0.1) is 5.10 Å². The van der Waals surface area contributed by atoms with Crippen molar-refractivity contribution < 1.29 is 4.79 Å². The summed E-state index contributed by atoms with van der Waals surface area (Å²) >= 11 is 0. The minimum atomic E-state index is -0.995. The average Bonchev–Trinajstić information content (AvgIpc) is 2.50. The van der Waals surface area contributed by atoms with Crippen LogP contribution in [-0.4, -0.2) is 26.4 Å². The van der Waals surface area contributed by atoms with Gasteiger partial charge in [0.05, 0.1) is 11.5 Å². The summed E-state index contributed by atoms with van der Waals surface area (Å²) in [6.45, 7) is 5.04. The molecule has 1 aromatic carbocycles. The molecule has 0 spiro atoms. The molecule has 0 aliphatic rings. The highest BCUT2D eigenvalue weighted by Gasteiger charge is 2.30. The van der Waals surface area contributed by atoms with Crippen molar-refractivity contribution in [3.8, 4) is 6.07 Å². The predicted octanol–water partition coefficient (Wildman–Crippen LogP) is 0.846. The first kappa shape index (κ1) is 15.6. The van der Waals surface area contributed by atoms with Gasteiger partial charge in [-0.25, -0.2) is 4.68 Å². The van der Waals surface area contributed by atoms with Crippen molar-refractivity contribution in [2.45, 2.75) is 32.9 Å². The largest absolute Gasteiger partial charge is 0.336 e. The van der Waals surface area contributed by atoms with E-state index in [-0.39, 0.29) is 18.0 Å². The van der Waals surface area contributed by atoms with Gasteiger partial charge in [-0.1, -0.05) is 31.2 Å². The van der Waals surface area contributed by atoms with Gasteiger partial charge in [-0.05, 0) is 25.0 Å². The van der Waals surface area contributed by atoms with Gasteiger partial charge in [0.1, 0.15) is 17.6 Å². The molecule has 0 aliphatic carbocycles. The Morgan fingerprint density at radius 1 is 1.45 bits per heavy atom. The van der Waals surface area contributed by atoms with Gasteiger partial charge >= 0.3 is 0 Å². The van der Waals surface area contributed by atoms with Crippen LogP contribution in [0.2, 0.25) is 0 Å². The zero-order valence-electron chi connectivity index (χ0n) is 12.7. The van der Waals surface area contributed by atoms with Crippen molar-refractivity contribution in [1.29, 1.82) is 5.26 Å². The average molecular weight is 299 g/mol. The summed E-state index contributed by atoms with van der Waals surface area (Å²) in [5.74, 6) is -0.523. The van der Waals surface area contributed by atoms with Gasteiger partial charge < -0.3 is 5.32 Å². The van der Waals surface area contributed by atoms with E-state index in [1.165, 1.54) is 0 Å². The van der Waals surface area contributed by atoms with Crippen molar-refractivity contribution in [3.05, 3.63) is 34.6 Å². The highest BCUT2D eigenvalue weighted by Crippen LogP contribution is 2.14. The van der Waals surface area contributed by atoms with Crippen molar-refractivity contribution in [2.75, 3.05) is 0 Å². The second kappa shape index (κ2) is 5.93. The molecule has 114 valence electrons. The first-order chi connectivity index (χ1) is 10.4. The molecule has 0 saturated carbocycles. The number of aromatic nitrogens is 3. The minimum absolute atomic E-state index is 0.0686. The van der Waals surface area contributed by atoms with Crippen LogP contribution in [0.4, 0.5) is 0 Å². The Labute approximate surface area is 127 Å². The number of hydrogen-bond donors (Lipinski definition) is 1. The standard InChI is InChI=1S/C15H17N5O2/c1-10(2)15(3,9-16)17-13(21)8-20-14(22)11-6-4-5-7-12(11)18-19-20/h4-7,10H,8H2,1-3H3,(H,17,21)/t15-/m1/s1. The van der Waals surface area contributed by atoms with E-state index >= 15 is 0 Å². The van der Waals surface area contributed by atoms with Crippen molar-refractivity contribution >= 4 is 16.8 Å². The lowest BCUT2D eigenvalue weighted by Gasteiger charge is -2.27. The van der Waals surface area contributed by atoms with E-state index < -0.39 is 11.4 Å². The van der Waals surface area contributed by atoms with Crippen LogP contribution in [0.1, 0.15) is 20.8 Å². The van der Waals surface area contributed by atoms with E-state index in [2.05, 4.69) is 21.7 Å². The molecule has 0 bridgehead atoms. The lowest BCUT2D eigenvalue weighted by molar-refractivity contribution is -0.123. The maximum Gasteiger partial charge on any atom is 0.278 e. The van der Waals surface area contributed by atoms with E-state index in [4.69, 9.17) is 0 Å². The Balaban J connectivity index is 2.25. The van der Waals surface area contributed by atoms with Crippen LogP contribution < -0.4 is 10.9 Å². The number of nitrogens with one attached hydrogen (secondary N) is 1.